The van der Waals surface area contributed by atoms with E-state index >= 15 is 0 Å². The van der Waals surface area contributed by atoms with E-state index in [1.54, 1.807) is 12.1 Å². The number of aliphatic hydroxyl groups is 2. The van der Waals surface area contributed by atoms with Crippen molar-refractivity contribution >= 4 is 0 Å². The van der Waals surface area contributed by atoms with E-state index in [0.29, 0.717) is 16.7 Å². The third kappa shape index (κ3) is 1.84. The summed E-state index contributed by atoms with van der Waals surface area (Å²) in [6.45, 7) is 1.56. The van der Waals surface area contributed by atoms with Crippen molar-refractivity contribution in [3.63, 3.8) is 0 Å². The number of aliphatic hydroxyl groups excluding tert-OH is 2. The number of hydrogen-bond acceptors (Lipinski definition) is 4. The molecule has 2 atom stereocenters. The molecule has 1 aliphatic heterocycles. The Morgan fingerprint density at radius 3 is 2.40 bits per heavy atom. The molecule has 1 aliphatic rings. The van der Waals surface area contributed by atoms with Crippen LogP contribution >= 0.6 is 0 Å². The second-order valence-corrected chi connectivity index (χ2v) is 3.77. The third-order valence-electron chi connectivity index (χ3n) is 2.65. The average Bonchev–Trinajstić information content (AvgIpc) is 2.96. The molecule has 1 saturated heterocycles. The molecule has 1 fully saturated rings. The molecule has 2 rings (SSSR count). The summed E-state index contributed by atoms with van der Waals surface area (Å²) in [5, 5.41) is 27.9. The Labute approximate surface area is 87.7 Å². The Morgan fingerprint density at radius 1 is 1.27 bits per heavy atom. The van der Waals surface area contributed by atoms with E-state index < -0.39 is 0 Å². The summed E-state index contributed by atoms with van der Waals surface area (Å²) in [4.78, 5) is 0. The first kappa shape index (κ1) is 10.4. The number of rotatable bonds is 3. The molecule has 1 heterocycles. The van der Waals surface area contributed by atoms with Gasteiger partial charge in [0.25, 0.3) is 0 Å². The molecule has 2 unspecified atom stereocenters. The molecule has 0 saturated carbocycles. The molecule has 0 aliphatic carbocycles. The number of aromatic hydroxyl groups is 1. The van der Waals surface area contributed by atoms with Crippen molar-refractivity contribution < 1.29 is 20.1 Å². The lowest BCUT2D eigenvalue weighted by Gasteiger charge is -2.09. The minimum Gasteiger partial charge on any atom is -0.507 e. The fourth-order valence-corrected chi connectivity index (χ4v) is 1.73. The van der Waals surface area contributed by atoms with E-state index in [-0.39, 0.29) is 31.2 Å². The smallest absolute Gasteiger partial charge is 0.127 e. The molecule has 0 amide bonds. The molecule has 1 aromatic carbocycles. The van der Waals surface area contributed by atoms with Crippen LogP contribution in [0.4, 0.5) is 0 Å². The largest absolute Gasteiger partial charge is 0.507 e. The minimum absolute atomic E-state index is 0.0732. The molecule has 4 heteroatoms. The summed E-state index contributed by atoms with van der Waals surface area (Å²) >= 11 is 0. The predicted molar refractivity (Wildman–Crippen MR) is 53.2 cm³/mol. The Balaban J connectivity index is 2.43. The van der Waals surface area contributed by atoms with Gasteiger partial charge in [0.15, 0.2) is 0 Å². The van der Waals surface area contributed by atoms with Crippen molar-refractivity contribution in [1.82, 2.24) is 0 Å². The number of epoxide rings is 1. The van der Waals surface area contributed by atoms with Gasteiger partial charge in [0.2, 0.25) is 0 Å². The number of ether oxygens (including phenoxy) is 1. The topological polar surface area (TPSA) is 73.2 Å². The van der Waals surface area contributed by atoms with Crippen LogP contribution in [0.5, 0.6) is 5.75 Å². The van der Waals surface area contributed by atoms with Gasteiger partial charge in [-0.05, 0) is 24.6 Å². The number of benzene rings is 1. The maximum Gasteiger partial charge on any atom is 0.127 e. The minimum atomic E-state index is -0.242. The summed E-state index contributed by atoms with van der Waals surface area (Å²) in [6, 6.07) is 3.30. The van der Waals surface area contributed by atoms with Gasteiger partial charge in [0.1, 0.15) is 11.9 Å². The fraction of sp³-hybridized carbons (Fsp3) is 0.455. The van der Waals surface area contributed by atoms with Crippen molar-refractivity contribution in [2.45, 2.75) is 32.3 Å². The highest BCUT2D eigenvalue weighted by Gasteiger charge is 2.38. The van der Waals surface area contributed by atoms with Crippen molar-refractivity contribution in [1.29, 1.82) is 0 Å². The van der Waals surface area contributed by atoms with Crippen molar-refractivity contribution in [2.24, 2.45) is 0 Å². The summed E-state index contributed by atoms with van der Waals surface area (Å²) in [7, 11) is 0. The van der Waals surface area contributed by atoms with Crippen LogP contribution in [0.15, 0.2) is 12.1 Å². The molecule has 4 nitrogen and oxygen atoms in total. The van der Waals surface area contributed by atoms with Gasteiger partial charge in [-0.2, -0.15) is 0 Å². The zero-order chi connectivity index (χ0) is 11.0. The highest BCUT2D eigenvalue weighted by Crippen LogP contribution is 2.43. The van der Waals surface area contributed by atoms with E-state index in [0.717, 1.165) is 0 Å². The van der Waals surface area contributed by atoms with Crippen LogP contribution in [0.3, 0.4) is 0 Å². The summed E-state index contributed by atoms with van der Waals surface area (Å²) in [6.07, 6.45) is -0.0156. The molecule has 1 aromatic rings. The van der Waals surface area contributed by atoms with Crippen LogP contribution in [0.2, 0.25) is 0 Å². The van der Waals surface area contributed by atoms with Crippen molar-refractivity contribution in [3.05, 3.63) is 28.8 Å². The predicted octanol–water partition coefficient (Wildman–Crippen LogP) is 0.837. The Morgan fingerprint density at radius 2 is 1.93 bits per heavy atom. The molecular weight excluding hydrogens is 196 g/mol. The molecular formula is C11H14O4. The molecule has 15 heavy (non-hydrogen) atoms. The molecule has 0 aromatic heterocycles. The van der Waals surface area contributed by atoms with E-state index in [1.807, 2.05) is 6.92 Å². The van der Waals surface area contributed by atoms with E-state index in [4.69, 9.17) is 14.9 Å². The van der Waals surface area contributed by atoms with Gasteiger partial charge in [-0.3, -0.25) is 0 Å². The van der Waals surface area contributed by atoms with Crippen molar-refractivity contribution in [2.75, 3.05) is 0 Å². The van der Waals surface area contributed by atoms with Crippen LogP contribution < -0.4 is 0 Å². The zero-order valence-corrected chi connectivity index (χ0v) is 8.47. The summed E-state index contributed by atoms with van der Waals surface area (Å²) in [5.41, 5.74) is 1.76. The van der Waals surface area contributed by atoms with E-state index in [2.05, 4.69) is 0 Å². The van der Waals surface area contributed by atoms with Gasteiger partial charge in [-0.1, -0.05) is 0 Å². The fourth-order valence-electron chi connectivity index (χ4n) is 1.73. The normalized spacial score (nSPS) is 24.2. The average molecular weight is 210 g/mol. The lowest BCUT2D eigenvalue weighted by Crippen LogP contribution is -1.95. The highest BCUT2D eigenvalue weighted by molar-refractivity contribution is 5.46. The number of hydrogen-bond donors (Lipinski definition) is 3. The molecule has 3 N–H and O–H groups in total. The van der Waals surface area contributed by atoms with Gasteiger partial charge in [0, 0.05) is 11.1 Å². The Kier molecular flexibility index (Phi) is 2.65. The lowest BCUT2D eigenvalue weighted by atomic mass is 10.0. The van der Waals surface area contributed by atoms with Gasteiger partial charge < -0.3 is 20.1 Å². The lowest BCUT2D eigenvalue weighted by molar-refractivity contribution is 0.269. The number of phenols is 1. The second kappa shape index (κ2) is 3.81. The van der Waals surface area contributed by atoms with Gasteiger partial charge in [-0.15, -0.1) is 0 Å². The highest BCUT2D eigenvalue weighted by atomic mass is 16.6. The van der Waals surface area contributed by atoms with Gasteiger partial charge in [0.05, 0.1) is 19.3 Å². The molecule has 0 bridgehead atoms. The van der Waals surface area contributed by atoms with Gasteiger partial charge in [-0.25, -0.2) is 0 Å². The maximum absolute atomic E-state index is 9.82. The van der Waals surface area contributed by atoms with Crippen LogP contribution in [-0.4, -0.2) is 21.4 Å². The van der Waals surface area contributed by atoms with Crippen LogP contribution in [-0.2, 0) is 18.0 Å². The Hall–Kier alpha value is -1.10. The van der Waals surface area contributed by atoms with Crippen LogP contribution in [0.25, 0.3) is 0 Å². The first-order valence-corrected chi connectivity index (χ1v) is 4.89. The Bertz CT molecular complexity index is 375. The first-order chi connectivity index (χ1) is 7.17. The first-order valence-electron chi connectivity index (χ1n) is 4.89. The molecule has 0 radical (unpaired) electrons. The van der Waals surface area contributed by atoms with Gasteiger partial charge >= 0.3 is 0 Å². The zero-order valence-electron chi connectivity index (χ0n) is 8.47. The maximum atomic E-state index is 9.82. The summed E-state index contributed by atoms with van der Waals surface area (Å²) in [5.74, 6) is 0.0732. The van der Waals surface area contributed by atoms with Crippen LogP contribution in [0, 0.1) is 0 Å². The van der Waals surface area contributed by atoms with E-state index in [1.165, 1.54) is 0 Å². The standard InChI is InChI=1S/C11H14O4/c1-6-11(15-6)9-3-7(4-12)2-8(5-13)10(9)14/h2-3,6,11-14H,4-5H2,1H3. The molecule has 82 valence electrons. The van der Waals surface area contributed by atoms with Crippen molar-refractivity contribution in [3.8, 4) is 5.75 Å². The quantitative estimate of drug-likeness (QED) is 0.646. The van der Waals surface area contributed by atoms with E-state index in [9.17, 15) is 5.11 Å². The molecule has 0 spiro atoms. The monoisotopic (exact) mass is 210 g/mol. The third-order valence-corrected chi connectivity index (χ3v) is 2.65. The summed E-state index contributed by atoms with van der Waals surface area (Å²) < 4.78 is 5.26. The SMILES string of the molecule is CC1OC1c1cc(CO)cc(CO)c1O. The van der Waals surface area contributed by atoms with Crippen LogP contribution in [0.1, 0.15) is 29.7 Å². The second-order valence-electron chi connectivity index (χ2n) is 3.77.